The van der Waals surface area contributed by atoms with Crippen LogP contribution >= 0.6 is 0 Å². The quantitative estimate of drug-likeness (QED) is 0.626. The Bertz CT molecular complexity index is 595. The number of nitrogens with zero attached hydrogens (tertiary/aromatic N) is 1. The molecule has 8 heteroatoms. The highest BCUT2D eigenvalue weighted by Crippen LogP contribution is 2.25. The van der Waals surface area contributed by atoms with Gasteiger partial charge in [-0.3, -0.25) is 19.7 Å². The fraction of sp³-hybridized carbons (Fsp3) is 0.429. The van der Waals surface area contributed by atoms with Crippen LogP contribution in [0.5, 0.6) is 0 Å². The van der Waals surface area contributed by atoms with Crippen LogP contribution in [0, 0.1) is 10.1 Å². The summed E-state index contributed by atoms with van der Waals surface area (Å²) in [6, 6.07) is 5.33. The Balaban J connectivity index is 2.19. The van der Waals surface area contributed by atoms with E-state index >= 15 is 0 Å². The highest BCUT2D eigenvalue weighted by molar-refractivity contribution is 5.95. The lowest BCUT2D eigenvalue weighted by Crippen LogP contribution is -2.53. The number of non-ortho nitro benzene ring substituents is 1. The molecule has 1 fully saturated rings. The van der Waals surface area contributed by atoms with E-state index in [0.717, 1.165) is 0 Å². The van der Waals surface area contributed by atoms with E-state index in [1.165, 1.54) is 24.3 Å². The number of hydrogen-bond acceptors (Lipinski definition) is 5. The number of carboxylic acid groups (broad SMARTS) is 1. The Labute approximate surface area is 126 Å². The van der Waals surface area contributed by atoms with Crippen molar-refractivity contribution in [1.29, 1.82) is 0 Å². The second-order valence-corrected chi connectivity index (χ2v) is 5.22. The van der Waals surface area contributed by atoms with Crippen molar-refractivity contribution in [3.8, 4) is 0 Å². The number of carboxylic acids is 1. The molecule has 0 spiro atoms. The minimum atomic E-state index is -1.01. The second kappa shape index (κ2) is 6.52. The van der Waals surface area contributed by atoms with Gasteiger partial charge in [0, 0.05) is 30.9 Å². The van der Waals surface area contributed by atoms with E-state index in [1.807, 2.05) is 0 Å². The molecule has 2 N–H and O–H groups in total. The molecule has 1 heterocycles. The zero-order valence-corrected chi connectivity index (χ0v) is 11.8. The van der Waals surface area contributed by atoms with Crippen molar-refractivity contribution in [2.45, 2.75) is 24.8 Å². The highest BCUT2D eigenvalue weighted by Gasteiger charge is 2.36. The number of carbonyl (C=O) groups is 2. The molecule has 118 valence electrons. The predicted molar refractivity (Wildman–Crippen MR) is 75.6 cm³/mol. The van der Waals surface area contributed by atoms with Gasteiger partial charge in [0.1, 0.15) is 0 Å². The Hall–Kier alpha value is -2.48. The van der Waals surface area contributed by atoms with E-state index < -0.39 is 22.3 Å². The third-order valence-electron chi connectivity index (χ3n) is 3.64. The summed E-state index contributed by atoms with van der Waals surface area (Å²) in [6.45, 7) is 0.727. The number of nitro groups is 1. The molecule has 0 unspecified atom stereocenters. The second-order valence-electron chi connectivity index (χ2n) is 5.22. The first kappa shape index (κ1) is 15.9. The molecular weight excluding hydrogens is 292 g/mol. The van der Waals surface area contributed by atoms with Crippen LogP contribution < -0.4 is 5.32 Å². The molecule has 2 rings (SSSR count). The molecule has 1 aromatic rings. The normalized spacial score (nSPS) is 16.7. The van der Waals surface area contributed by atoms with E-state index in [-0.39, 0.29) is 17.7 Å². The minimum absolute atomic E-state index is 0.130. The number of nitro benzene ring substituents is 1. The topological polar surface area (TPSA) is 119 Å². The summed E-state index contributed by atoms with van der Waals surface area (Å²) >= 11 is 0. The minimum Gasteiger partial charge on any atom is -0.481 e. The van der Waals surface area contributed by atoms with Crippen molar-refractivity contribution in [2.75, 3.05) is 13.2 Å². The molecule has 0 bridgehead atoms. The van der Waals surface area contributed by atoms with Crippen LogP contribution in [0.2, 0.25) is 0 Å². The van der Waals surface area contributed by atoms with Crippen molar-refractivity contribution < 1.29 is 24.4 Å². The molecule has 1 amide bonds. The molecule has 8 nitrogen and oxygen atoms in total. The molecule has 1 aliphatic rings. The number of amides is 1. The van der Waals surface area contributed by atoms with Gasteiger partial charge in [0.25, 0.3) is 11.6 Å². The molecule has 0 aliphatic carbocycles. The zero-order valence-electron chi connectivity index (χ0n) is 11.8. The Morgan fingerprint density at radius 3 is 2.64 bits per heavy atom. The average molecular weight is 308 g/mol. The average Bonchev–Trinajstić information content (AvgIpc) is 2.47. The smallest absolute Gasteiger partial charge is 0.305 e. The fourth-order valence-electron chi connectivity index (χ4n) is 2.47. The van der Waals surface area contributed by atoms with Gasteiger partial charge in [-0.05, 0) is 18.9 Å². The number of benzene rings is 1. The van der Waals surface area contributed by atoms with Crippen molar-refractivity contribution >= 4 is 17.6 Å². The first-order valence-electron chi connectivity index (χ1n) is 6.78. The first-order chi connectivity index (χ1) is 10.4. The van der Waals surface area contributed by atoms with E-state index in [9.17, 15) is 19.7 Å². The molecule has 0 saturated carbocycles. The lowest BCUT2D eigenvalue weighted by molar-refractivity contribution is -0.384. The van der Waals surface area contributed by atoms with Crippen molar-refractivity contribution in [2.24, 2.45) is 0 Å². The molecule has 0 radical (unpaired) electrons. The monoisotopic (exact) mass is 308 g/mol. The molecule has 22 heavy (non-hydrogen) atoms. The van der Waals surface area contributed by atoms with Gasteiger partial charge in [-0.25, -0.2) is 0 Å². The van der Waals surface area contributed by atoms with Gasteiger partial charge in [0.05, 0.1) is 16.9 Å². The molecule has 0 aromatic heterocycles. The van der Waals surface area contributed by atoms with E-state index in [4.69, 9.17) is 9.84 Å². The predicted octanol–water partition coefficient (Wildman–Crippen LogP) is 1.35. The van der Waals surface area contributed by atoms with Gasteiger partial charge >= 0.3 is 5.97 Å². The summed E-state index contributed by atoms with van der Waals surface area (Å²) in [5.41, 5.74) is -0.941. The van der Waals surface area contributed by atoms with Gasteiger partial charge in [-0.2, -0.15) is 0 Å². The fourth-order valence-corrected chi connectivity index (χ4v) is 2.47. The zero-order chi connectivity index (χ0) is 16.2. The number of ether oxygens (including phenoxy) is 1. The van der Waals surface area contributed by atoms with Crippen LogP contribution in [-0.2, 0) is 9.53 Å². The molecular formula is C14H16N2O6. The molecule has 0 atom stereocenters. The molecule has 1 aromatic carbocycles. The van der Waals surface area contributed by atoms with E-state index in [2.05, 4.69) is 5.32 Å². The van der Waals surface area contributed by atoms with Gasteiger partial charge in [0.2, 0.25) is 0 Å². The number of nitrogens with one attached hydrogen (secondary N) is 1. The van der Waals surface area contributed by atoms with Crippen LogP contribution in [0.3, 0.4) is 0 Å². The van der Waals surface area contributed by atoms with E-state index in [0.29, 0.717) is 26.1 Å². The summed E-state index contributed by atoms with van der Waals surface area (Å²) in [7, 11) is 0. The summed E-state index contributed by atoms with van der Waals surface area (Å²) in [5.74, 6) is -1.53. The maximum atomic E-state index is 12.3. The number of aliphatic carboxylic acids is 1. The standard InChI is InChI=1S/C14H16N2O6/c17-12(18)9-14(4-6-22-7-5-14)15-13(19)10-2-1-3-11(8-10)16(20)21/h1-3,8H,4-7,9H2,(H,15,19)(H,17,18). The summed E-state index contributed by atoms with van der Waals surface area (Å²) in [5, 5.41) is 22.5. The number of hydrogen-bond donors (Lipinski definition) is 2. The van der Waals surface area contributed by atoms with Gasteiger partial charge in [-0.15, -0.1) is 0 Å². The molecule has 1 saturated heterocycles. The van der Waals surface area contributed by atoms with E-state index in [1.54, 1.807) is 0 Å². The van der Waals surface area contributed by atoms with Gasteiger partial charge in [0.15, 0.2) is 0 Å². The van der Waals surface area contributed by atoms with Crippen LogP contribution in [0.25, 0.3) is 0 Å². The van der Waals surface area contributed by atoms with Crippen molar-refractivity contribution in [3.63, 3.8) is 0 Å². The highest BCUT2D eigenvalue weighted by atomic mass is 16.6. The SMILES string of the molecule is O=C(O)CC1(NC(=O)c2cccc([N+](=O)[O-])c2)CCOCC1. The van der Waals surface area contributed by atoms with Crippen molar-refractivity contribution in [1.82, 2.24) is 5.32 Å². The van der Waals surface area contributed by atoms with Gasteiger partial charge in [-0.1, -0.05) is 6.07 Å². The van der Waals surface area contributed by atoms with Crippen LogP contribution in [-0.4, -0.2) is 40.7 Å². The van der Waals surface area contributed by atoms with Crippen LogP contribution in [0.1, 0.15) is 29.6 Å². The van der Waals surface area contributed by atoms with Crippen molar-refractivity contribution in [3.05, 3.63) is 39.9 Å². The molecule has 1 aliphatic heterocycles. The lowest BCUT2D eigenvalue weighted by Gasteiger charge is -2.36. The third kappa shape index (κ3) is 3.79. The van der Waals surface area contributed by atoms with Crippen LogP contribution in [0.4, 0.5) is 5.69 Å². The maximum Gasteiger partial charge on any atom is 0.305 e. The lowest BCUT2D eigenvalue weighted by atomic mass is 9.86. The third-order valence-corrected chi connectivity index (χ3v) is 3.64. The largest absolute Gasteiger partial charge is 0.481 e. The Kier molecular flexibility index (Phi) is 4.71. The summed E-state index contributed by atoms with van der Waals surface area (Å²) in [4.78, 5) is 33.5. The summed E-state index contributed by atoms with van der Waals surface area (Å²) in [6.07, 6.45) is 0.566. The Morgan fingerprint density at radius 1 is 1.36 bits per heavy atom. The first-order valence-corrected chi connectivity index (χ1v) is 6.78. The van der Waals surface area contributed by atoms with Gasteiger partial charge < -0.3 is 15.2 Å². The Morgan fingerprint density at radius 2 is 2.05 bits per heavy atom. The number of rotatable bonds is 5. The van der Waals surface area contributed by atoms with Crippen LogP contribution in [0.15, 0.2) is 24.3 Å². The summed E-state index contributed by atoms with van der Waals surface area (Å²) < 4.78 is 5.21. The maximum absolute atomic E-state index is 12.3. The number of carbonyl (C=O) groups excluding carboxylic acids is 1.